The number of amides is 3. The highest BCUT2D eigenvalue weighted by atomic mass is 16.2. The number of benzene rings is 1. The van der Waals surface area contributed by atoms with Crippen molar-refractivity contribution in [2.45, 2.75) is 39.7 Å². The predicted molar refractivity (Wildman–Crippen MR) is 92.3 cm³/mol. The van der Waals surface area contributed by atoms with Crippen LogP contribution >= 0.6 is 0 Å². The summed E-state index contributed by atoms with van der Waals surface area (Å²) in [5, 5.41) is 0. The van der Waals surface area contributed by atoms with Crippen molar-refractivity contribution in [3.63, 3.8) is 0 Å². The summed E-state index contributed by atoms with van der Waals surface area (Å²) in [6.07, 6.45) is 0.151. The molecule has 0 spiro atoms. The number of aryl methyl sites for hydroxylation is 1. The minimum atomic E-state index is -0.557. The molecule has 1 fully saturated rings. The van der Waals surface area contributed by atoms with Crippen molar-refractivity contribution in [3.8, 4) is 0 Å². The fourth-order valence-electron chi connectivity index (χ4n) is 2.87. The molecule has 0 radical (unpaired) electrons. The topological polar surface area (TPSA) is 83.7 Å². The highest BCUT2D eigenvalue weighted by Gasteiger charge is 2.40. The average Bonchev–Trinajstić information content (AvgIpc) is 2.85. The van der Waals surface area contributed by atoms with Gasteiger partial charge in [0.2, 0.25) is 17.7 Å². The third-order valence-electron chi connectivity index (χ3n) is 4.21. The first kappa shape index (κ1) is 18.0. The second-order valence-electron chi connectivity index (χ2n) is 7.30. The summed E-state index contributed by atoms with van der Waals surface area (Å²) in [5.41, 5.74) is 6.64. The van der Waals surface area contributed by atoms with Crippen LogP contribution in [-0.4, -0.2) is 41.2 Å². The molecule has 2 rings (SSSR count). The van der Waals surface area contributed by atoms with Crippen LogP contribution in [0.3, 0.4) is 0 Å². The van der Waals surface area contributed by atoms with E-state index in [1.807, 2.05) is 52.0 Å². The molecule has 1 aliphatic rings. The number of hydrogen-bond donors (Lipinski definition) is 1. The zero-order valence-electron chi connectivity index (χ0n) is 14.7. The maximum atomic E-state index is 12.8. The maximum Gasteiger partial charge on any atom is 0.237 e. The van der Waals surface area contributed by atoms with Gasteiger partial charge in [0.25, 0.3) is 0 Å². The van der Waals surface area contributed by atoms with E-state index in [9.17, 15) is 14.4 Å². The molecule has 1 heterocycles. The van der Waals surface area contributed by atoms with Crippen molar-refractivity contribution in [2.24, 2.45) is 11.7 Å². The zero-order valence-corrected chi connectivity index (χ0v) is 14.7. The number of rotatable bonds is 4. The van der Waals surface area contributed by atoms with Gasteiger partial charge < -0.3 is 15.5 Å². The van der Waals surface area contributed by atoms with Gasteiger partial charge in [0.05, 0.1) is 12.5 Å². The average molecular weight is 331 g/mol. The molecule has 1 saturated heterocycles. The molecule has 0 aliphatic carbocycles. The lowest BCUT2D eigenvalue weighted by molar-refractivity contribution is -0.143. The second-order valence-corrected chi connectivity index (χ2v) is 7.30. The van der Waals surface area contributed by atoms with Crippen LogP contribution in [-0.2, 0) is 14.4 Å². The van der Waals surface area contributed by atoms with Gasteiger partial charge in [-0.2, -0.15) is 0 Å². The summed E-state index contributed by atoms with van der Waals surface area (Å²) in [7, 11) is 0. The van der Waals surface area contributed by atoms with E-state index in [1.54, 1.807) is 4.90 Å². The van der Waals surface area contributed by atoms with E-state index in [1.165, 1.54) is 4.90 Å². The van der Waals surface area contributed by atoms with Gasteiger partial charge in [0.1, 0.15) is 0 Å². The molecule has 130 valence electrons. The molecular formula is C18H25N3O3. The standard InChI is InChI=1S/C18H25N3O3/c1-12-5-7-14(8-6-12)20-10-13(9-16(20)23)17(24)21(11-15(19)22)18(2,3)4/h5-8,13H,9-11H2,1-4H3,(H2,19,22). The Bertz CT molecular complexity index is 646. The van der Waals surface area contributed by atoms with E-state index in [2.05, 4.69) is 0 Å². The molecule has 6 heteroatoms. The molecule has 24 heavy (non-hydrogen) atoms. The number of carbonyl (C=O) groups is 3. The van der Waals surface area contributed by atoms with Crippen LogP contribution in [0.4, 0.5) is 5.69 Å². The molecule has 0 bridgehead atoms. The lowest BCUT2D eigenvalue weighted by atomic mass is 10.0. The molecule has 1 unspecified atom stereocenters. The van der Waals surface area contributed by atoms with Gasteiger partial charge in [-0.3, -0.25) is 14.4 Å². The largest absolute Gasteiger partial charge is 0.368 e. The van der Waals surface area contributed by atoms with Gasteiger partial charge >= 0.3 is 0 Å². The summed E-state index contributed by atoms with van der Waals surface area (Å²) in [6.45, 7) is 7.71. The second kappa shape index (κ2) is 6.63. The van der Waals surface area contributed by atoms with Gasteiger partial charge in [-0.1, -0.05) is 17.7 Å². The summed E-state index contributed by atoms with van der Waals surface area (Å²) >= 11 is 0. The number of nitrogens with zero attached hydrogens (tertiary/aromatic N) is 2. The minimum Gasteiger partial charge on any atom is -0.368 e. The summed E-state index contributed by atoms with van der Waals surface area (Å²) in [6, 6.07) is 7.63. The van der Waals surface area contributed by atoms with E-state index in [-0.39, 0.29) is 24.8 Å². The van der Waals surface area contributed by atoms with Crippen molar-refractivity contribution >= 4 is 23.4 Å². The predicted octanol–water partition coefficient (Wildman–Crippen LogP) is 1.46. The normalized spacial score (nSPS) is 17.9. The van der Waals surface area contributed by atoms with Crippen LogP contribution in [0.5, 0.6) is 0 Å². The summed E-state index contributed by atoms with van der Waals surface area (Å²) < 4.78 is 0. The monoisotopic (exact) mass is 331 g/mol. The molecule has 1 aromatic rings. The first-order valence-corrected chi connectivity index (χ1v) is 8.06. The third-order valence-corrected chi connectivity index (χ3v) is 4.21. The van der Waals surface area contributed by atoms with Crippen LogP contribution < -0.4 is 10.6 Å². The summed E-state index contributed by atoms with van der Waals surface area (Å²) in [5.74, 6) is -1.30. The van der Waals surface area contributed by atoms with Crippen LogP contribution in [0, 0.1) is 12.8 Å². The Morgan fingerprint density at radius 1 is 1.25 bits per heavy atom. The van der Waals surface area contributed by atoms with E-state index in [4.69, 9.17) is 5.73 Å². The van der Waals surface area contributed by atoms with Crippen molar-refractivity contribution in [1.29, 1.82) is 0 Å². The van der Waals surface area contributed by atoms with Crippen molar-refractivity contribution in [3.05, 3.63) is 29.8 Å². The first-order valence-electron chi connectivity index (χ1n) is 8.06. The smallest absolute Gasteiger partial charge is 0.237 e. The van der Waals surface area contributed by atoms with Crippen LogP contribution in [0.1, 0.15) is 32.8 Å². The first-order chi connectivity index (χ1) is 11.1. The Hall–Kier alpha value is -2.37. The number of nitrogens with two attached hydrogens (primary N) is 1. The highest BCUT2D eigenvalue weighted by Crippen LogP contribution is 2.28. The Morgan fingerprint density at radius 3 is 2.33 bits per heavy atom. The number of anilines is 1. The molecule has 1 aromatic carbocycles. The quantitative estimate of drug-likeness (QED) is 0.906. The molecular weight excluding hydrogens is 306 g/mol. The Kier molecular flexibility index (Phi) is 4.96. The number of hydrogen-bond acceptors (Lipinski definition) is 3. The molecule has 0 aromatic heterocycles. The third kappa shape index (κ3) is 3.93. The Labute approximate surface area is 142 Å². The van der Waals surface area contributed by atoms with E-state index in [0.29, 0.717) is 6.54 Å². The lowest BCUT2D eigenvalue weighted by Crippen LogP contribution is -2.52. The van der Waals surface area contributed by atoms with Crippen LogP contribution in [0.25, 0.3) is 0 Å². The van der Waals surface area contributed by atoms with E-state index >= 15 is 0 Å². The molecule has 0 saturated carbocycles. The van der Waals surface area contributed by atoms with Gasteiger partial charge in [-0.25, -0.2) is 0 Å². The Morgan fingerprint density at radius 2 is 1.83 bits per heavy atom. The van der Waals surface area contributed by atoms with E-state index < -0.39 is 17.4 Å². The zero-order chi connectivity index (χ0) is 18.1. The number of carbonyl (C=O) groups excluding carboxylic acids is 3. The van der Waals surface area contributed by atoms with E-state index in [0.717, 1.165) is 11.3 Å². The van der Waals surface area contributed by atoms with Gasteiger partial charge in [0, 0.05) is 24.2 Å². The fourth-order valence-corrected chi connectivity index (χ4v) is 2.87. The van der Waals surface area contributed by atoms with Gasteiger partial charge in [-0.05, 0) is 39.8 Å². The van der Waals surface area contributed by atoms with Crippen molar-refractivity contribution in [2.75, 3.05) is 18.0 Å². The lowest BCUT2D eigenvalue weighted by Gasteiger charge is -2.36. The maximum absolute atomic E-state index is 12.8. The van der Waals surface area contributed by atoms with Crippen molar-refractivity contribution < 1.29 is 14.4 Å². The summed E-state index contributed by atoms with van der Waals surface area (Å²) in [4.78, 5) is 39.6. The molecule has 6 nitrogen and oxygen atoms in total. The number of primary amides is 1. The Balaban J connectivity index is 2.17. The SMILES string of the molecule is Cc1ccc(N2CC(C(=O)N(CC(N)=O)C(C)(C)C)CC2=O)cc1. The molecule has 3 amide bonds. The molecule has 1 atom stereocenters. The minimum absolute atomic E-state index is 0.0786. The fraction of sp³-hybridized carbons (Fsp3) is 0.500. The van der Waals surface area contributed by atoms with Crippen LogP contribution in [0.2, 0.25) is 0 Å². The highest BCUT2D eigenvalue weighted by molar-refractivity contribution is 6.00. The molecule has 2 N–H and O–H groups in total. The van der Waals surface area contributed by atoms with Crippen molar-refractivity contribution in [1.82, 2.24) is 4.90 Å². The molecule has 1 aliphatic heterocycles. The van der Waals surface area contributed by atoms with Gasteiger partial charge in [-0.15, -0.1) is 0 Å². The van der Waals surface area contributed by atoms with Crippen LogP contribution in [0.15, 0.2) is 24.3 Å². The van der Waals surface area contributed by atoms with Gasteiger partial charge in [0.15, 0.2) is 0 Å².